The zero-order chi connectivity index (χ0) is 15.5. The number of fused-ring (bicyclic) bond motifs is 1. The van der Waals surface area contributed by atoms with Gasteiger partial charge < -0.3 is 0 Å². The fraction of sp³-hybridized carbons (Fsp3) is 0.375. The van der Waals surface area contributed by atoms with Crippen LogP contribution in [0.3, 0.4) is 0 Å². The fourth-order valence-corrected chi connectivity index (χ4v) is 4.21. The summed E-state index contributed by atoms with van der Waals surface area (Å²) in [5.41, 5.74) is 5.02. The molecular formula is C16H17ClN2O2S. The Kier molecular flexibility index (Phi) is 4.64. The van der Waals surface area contributed by atoms with Crippen molar-refractivity contribution in [3.63, 3.8) is 0 Å². The van der Waals surface area contributed by atoms with Crippen molar-refractivity contribution in [1.82, 2.24) is 10.9 Å². The maximum Gasteiger partial charge on any atom is 0.281 e. The molecule has 0 spiro atoms. The van der Waals surface area contributed by atoms with Crippen molar-refractivity contribution in [3.05, 3.63) is 34.2 Å². The smallest absolute Gasteiger partial charge is 0.273 e. The molecule has 6 heteroatoms. The van der Waals surface area contributed by atoms with E-state index in [4.69, 9.17) is 11.6 Å². The first-order valence-corrected chi connectivity index (χ1v) is 8.63. The van der Waals surface area contributed by atoms with Gasteiger partial charge in [0.05, 0.1) is 5.02 Å². The van der Waals surface area contributed by atoms with E-state index in [9.17, 15) is 9.59 Å². The second-order valence-corrected chi connectivity index (χ2v) is 6.95. The molecule has 2 aromatic rings. The Balaban J connectivity index is 1.66. The summed E-state index contributed by atoms with van der Waals surface area (Å²) in [5.74, 6) is -0.465. The Morgan fingerprint density at radius 2 is 1.82 bits per heavy atom. The third-order valence-electron chi connectivity index (χ3n) is 4.02. The lowest BCUT2D eigenvalue weighted by Gasteiger charge is -2.20. The van der Waals surface area contributed by atoms with Crippen LogP contribution in [0.4, 0.5) is 0 Å². The Bertz CT molecular complexity index is 707. The van der Waals surface area contributed by atoms with Crippen molar-refractivity contribution in [2.75, 3.05) is 0 Å². The molecule has 4 nitrogen and oxygen atoms in total. The van der Waals surface area contributed by atoms with Gasteiger partial charge in [-0.3, -0.25) is 20.4 Å². The van der Waals surface area contributed by atoms with Crippen LogP contribution in [-0.4, -0.2) is 11.8 Å². The minimum Gasteiger partial charge on any atom is -0.273 e. The highest BCUT2D eigenvalue weighted by Gasteiger charge is 2.22. The van der Waals surface area contributed by atoms with Crippen molar-refractivity contribution in [1.29, 1.82) is 0 Å². The van der Waals surface area contributed by atoms with Crippen molar-refractivity contribution in [3.8, 4) is 0 Å². The molecule has 0 atom stereocenters. The summed E-state index contributed by atoms with van der Waals surface area (Å²) in [6.45, 7) is 0. The molecule has 3 rings (SSSR count). The molecule has 1 aliphatic rings. The van der Waals surface area contributed by atoms with E-state index in [1.807, 2.05) is 24.3 Å². The molecule has 1 aliphatic carbocycles. The predicted octanol–water partition coefficient (Wildman–Crippen LogP) is 3.90. The van der Waals surface area contributed by atoms with Crippen LogP contribution >= 0.6 is 22.9 Å². The molecule has 1 saturated carbocycles. The van der Waals surface area contributed by atoms with Crippen LogP contribution < -0.4 is 10.9 Å². The average molecular weight is 337 g/mol. The SMILES string of the molecule is O=C(NNC(=O)C1CCCCC1)c1sc2ccccc2c1Cl. The van der Waals surface area contributed by atoms with E-state index in [1.165, 1.54) is 17.8 Å². The number of benzene rings is 1. The van der Waals surface area contributed by atoms with Crippen molar-refractivity contribution >= 4 is 44.8 Å². The Labute approximate surface area is 137 Å². The van der Waals surface area contributed by atoms with Crippen molar-refractivity contribution in [2.24, 2.45) is 5.92 Å². The van der Waals surface area contributed by atoms with Crippen LogP contribution in [0, 0.1) is 5.92 Å². The second kappa shape index (κ2) is 6.67. The number of halogens is 1. The molecule has 0 bridgehead atoms. The summed E-state index contributed by atoms with van der Waals surface area (Å²) in [7, 11) is 0. The number of hydrogen-bond acceptors (Lipinski definition) is 3. The maximum absolute atomic E-state index is 12.2. The molecule has 0 radical (unpaired) electrons. The van der Waals surface area contributed by atoms with Gasteiger partial charge in [-0.1, -0.05) is 49.1 Å². The molecule has 0 aliphatic heterocycles. The third-order valence-corrected chi connectivity index (χ3v) is 5.69. The van der Waals surface area contributed by atoms with Gasteiger partial charge in [0.2, 0.25) is 5.91 Å². The first kappa shape index (κ1) is 15.3. The lowest BCUT2D eigenvalue weighted by Crippen LogP contribution is -2.44. The monoisotopic (exact) mass is 336 g/mol. The van der Waals surface area contributed by atoms with Crippen LogP contribution in [0.15, 0.2) is 24.3 Å². The van der Waals surface area contributed by atoms with E-state index >= 15 is 0 Å². The molecule has 1 fully saturated rings. The van der Waals surface area contributed by atoms with Gasteiger partial charge in [0, 0.05) is 16.0 Å². The second-order valence-electron chi connectivity index (χ2n) is 5.52. The topological polar surface area (TPSA) is 58.2 Å². The van der Waals surface area contributed by atoms with Gasteiger partial charge in [0.25, 0.3) is 5.91 Å². The van der Waals surface area contributed by atoms with E-state index in [0.717, 1.165) is 35.8 Å². The number of carbonyl (C=O) groups is 2. The first-order valence-electron chi connectivity index (χ1n) is 7.44. The van der Waals surface area contributed by atoms with Gasteiger partial charge in [-0.15, -0.1) is 11.3 Å². The van der Waals surface area contributed by atoms with E-state index < -0.39 is 0 Å². The van der Waals surface area contributed by atoms with Crippen LogP contribution in [0.25, 0.3) is 10.1 Å². The molecule has 0 saturated heterocycles. The number of thiophene rings is 1. The van der Waals surface area contributed by atoms with Crippen LogP contribution in [0.5, 0.6) is 0 Å². The van der Waals surface area contributed by atoms with Gasteiger partial charge in [-0.2, -0.15) is 0 Å². The summed E-state index contributed by atoms with van der Waals surface area (Å²) < 4.78 is 0.955. The summed E-state index contributed by atoms with van der Waals surface area (Å²) >= 11 is 7.58. The molecule has 22 heavy (non-hydrogen) atoms. The van der Waals surface area contributed by atoms with Crippen molar-refractivity contribution in [2.45, 2.75) is 32.1 Å². The van der Waals surface area contributed by atoms with Crippen LogP contribution in [-0.2, 0) is 4.79 Å². The quantitative estimate of drug-likeness (QED) is 0.817. The molecule has 1 aromatic carbocycles. The lowest BCUT2D eigenvalue weighted by atomic mass is 9.89. The summed E-state index contributed by atoms with van der Waals surface area (Å²) in [6.07, 6.45) is 5.13. The Morgan fingerprint density at radius 1 is 1.09 bits per heavy atom. The van der Waals surface area contributed by atoms with Gasteiger partial charge in [0.1, 0.15) is 4.88 Å². The van der Waals surface area contributed by atoms with Crippen molar-refractivity contribution < 1.29 is 9.59 Å². The van der Waals surface area contributed by atoms with E-state index in [-0.39, 0.29) is 17.7 Å². The zero-order valence-corrected chi connectivity index (χ0v) is 13.6. The number of hydrogen-bond donors (Lipinski definition) is 2. The number of amides is 2. The molecule has 1 heterocycles. The van der Waals surface area contributed by atoms with E-state index in [2.05, 4.69) is 10.9 Å². The highest BCUT2D eigenvalue weighted by molar-refractivity contribution is 7.21. The molecule has 116 valence electrons. The van der Waals surface area contributed by atoms with Gasteiger partial charge in [0.15, 0.2) is 0 Å². The minimum absolute atomic E-state index is 0.00642. The molecule has 2 amide bonds. The summed E-state index contributed by atoms with van der Waals surface area (Å²) in [5, 5.41) is 1.29. The molecular weight excluding hydrogens is 320 g/mol. The highest BCUT2D eigenvalue weighted by Crippen LogP contribution is 2.34. The molecule has 2 N–H and O–H groups in total. The van der Waals surface area contributed by atoms with E-state index in [0.29, 0.717) is 9.90 Å². The van der Waals surface area contributed by atoms with Gasteiger partial charge in [-0.05, 0) is 18.9 Å². The number of carbonyl (C=O) groups excluding carboxylic acids is 2. The average Bonchev–Trinajstić information content (AvgIpc) is 2.90. The third kappa shape index (κ3) is 3.10. The van der Waals surface area contributed by atoms with Crippen LogP contribution in [0.2, 0.25) is 5.02 Å². The Hall–Kier alpha value is -1.59. The number of hydrazine groups is 1. The standard InChI is InChI=1S/C16H17ClN2O2S/c17-13-11-8-4-5-9-12(11)22-14(13)16(21)19-18-15(20)10-6-2-1-3-7-10/h4-5,8-10H,1-3,6-7H2,(H,18,20)(H,19,21). The van der Waals surface area contributed by atoms with Gasteiger partial charge >= 0.3 is 0 Å². The first-order chi connectivity index (χ1) is 10.7. The normalized spacial score (nSPS) is 15.7. The number of rotatable bonds is 2. The fourth-order valence-electron chi connectivity index (χ4n) is 2.80. The highest BCUT2D eigenvalue weighted by atomic mass is 35.5. The zero-order valence-electron chi connectivity index (χ0n) is 12.0. The minimum atomic E-state index is -0.365. The largest absolute Gasteiger partial charge is 0.281 e. The summed E-state index contributed by atoms with van der Waals surface area (Å²) in [4.78, 5) is 24.7. The lowest BCUT2D eigenvalue weighted by molar-refractivity contribution is -0.126. The predicted molar refractivity (Wildman–Crippen MR) is 89.0 cm³/mol. The van der Waals surface area contributed by atoms with E-state index in [1.54, 1.807) is 0 Å². The maximum atomic E-state index is 12.2. The number of nitrogens with one attached hydrogen (secondary N) is 2. The Morgan fingerprint density at radius 3 is 2.55 bits per heavy atom. The van der Waals surface area contributed by atoms with Gasteiger partial charge in [-0.25, -0.2) is 0 Å². The molecule has 1 aromatic heterocycles. The summed E-state index contributed by atoms with van der Waals surface area (Å²) in [6, 6.07) is 7.59. The molecule has 0 unspecified atom stereocenters. The van der Waals surface area contributed by atoms with Crippen LogP contribution in [0.1, 0.15) is 41.8 Å².